The largest absolute Gasteiger partial charge is 0.325 e. The molecule has 4 aliphatic carbocycles. The molecule has 4 fully saturated rings. The van der Waals surface area contributed by atoms with Crippen molar-refractivity contribution in [3.63, 3.8) is 0 Å². The number of hydrogen-bond donors (Lipinski definition) is 1. The Morgan fingerprint density at radius 3 is 2.11 bits per heavy atom. The molecule has 2 atom stereocenters. The van der Waals surface area contributed by atoms with Gasteiger partial charge in [0, 0.05) is 5.54 Å². The van der Waals surface area contributed by atoms with E-state index in [0.717, 1.165) is 17.8 Å². The zero-order valence-corrected chi connectivity index (χ0v) is 12.8. The van der Waals surface area contributed by atoms with Crippen LogP contribution in [-0.2, 0) is 0 Å². The predicted molar refractivity (Wildman–Crippen MR) is 77.3 cm³/mol. The van der Waals surface area contributed by atoms with Crippen molar-refractivity contribution in [1.29, 1.82) is 0 Å². The molecule has 0 aliphatic heterocycles. The molecule has 0 radical (unpaired) electrons. The summed E-state index contributed by atoms with van der Waals surface area (Å²) in [5, 5.41) is 0. The summed E-state index contributed by atoms with van der Waals surface area (Å²) in [7, 11) is 0. The lowest BCUT2D eigenvalue weighted by atomic mass is 9.40. The molecule has 0 heterocycles. The average molecular weight is 249 g/mol. The van der Waals surface area contributed by atoms with E-state index in [4.69, 9.17) is 5.73 Å². The van der Waals surface area contributed by atoms with Crippen LogP contribution in [0.2, 0.25) is 0 Å². The summed E-state index contributed by atoms with van der Waals surface area (Å²) in [5.41, 5.74) is 7.77. The average Bonchev–Trinajstić information content (AvgIpc) is 2.10. The van der Waals surface area contributed by atoms with E-state index in [1.807, 2.05) is 0 Å². The van der Waals surface area contributed by atoms with E-state index in [2.05, 4.69) is 27.7 Å². The van der Waals surface area contributed by atoms with E-state index in [-0.39, 0.29) is 5.54 Å². The normalized spacial score (nSPS) is 47.0. The highest BCUT2D eigenvalue weighted by molar-refractivity contribution is 5.13. The maximum atomic E-state index is 6.62. The Labute approximate surface area is 113 Å². The van der Waals surface area contributed by atoms with Gasteiger partial charge in [-0.1, -0.05) is 13.8 Å². The molecule has 104 valence electrons. The second-order valence-corrected chi connectivity index (χ2v) is 9.06. The molecular weight excluding hydrogens is 218 g/mol. The van der Waals surface area contributed by atoms with Crippen molar-refractivity contribution in [1.82, 2.24) is 0 Å². The van der Waals surface area contributed by atoms with Crippen LogP contribution in [0.3, 0.4) is 0 Å². The highest BCUT2D eigenvalue weighted by Crippen LogP contribution is 2.69. The molecule has 0 amide bonds. The third-order valence-corrected chi connectivity index (χ3v) is 6.39. The van der Waals surface area contributed by atoms with Crippen LogP contribution in [0, 0.1) is 28.6 Å². The van der Waals surface area contributed by atoms with Crippen molar-refractivity contribution >= 4 is 0 Å². The van der Waals surface area contributed by atoms with Gasteiger partial charge >= 0.3 is 0 Å². The van der Waals surface area contributed by atoms with Gasteiger partial charge < -0.3 is 5.73 Å². The number of nitrogens with two attached hydrogens (primary N) is 1. The first-order chi connectivity index (χ1) is 8.24. The number of rotatable bonds is 3. The highest BCUT2D eigenvalue weighted by atomic mass is 14.8. The monoisotopic (exact) mass is 249 g/mol. The summed E-state index contributed by atoms with van der Waals surface area (Å²) in [6.07, 6.45) is 10.3. The van der Waals surface area contributed by atoms with Crippen molar-refractivity contribution in [2.24, 2.45) is 34.3 Å². The summed E-state index contributed by atoms with van der Waals surface area (Å²) in [5.74, 6) is 2.83. The van der Waals surface area contributed by atoms with Gasteiger partial charge in [-0.15, -0.1) is 0 Å². The quantitative estimate of drug-likeness (QED) is 0.790. The Kier molecular flexibility index (Phi) is 2.70. The van der Waals surface area contributed by atoms with Crippen LogP contribution in [0.25, 0.3) is 0 Å². The fourth-order valence-electron chi connectivity index (χ4n) is 6.31. The zero-order valence-electron chi connectivity index (χ0n) is 12.8. The fourth-order valence-corrected chi connectivity index (χ4v) is 6.31. The molecule has 0 aromatic rings. The summed E-state index contributed by atoms with van der Waals surface area (Å²) < 4.78 is 0. The van der Waals surface area contributed by atoms with Crippen molar-refractivity contribution < 1.29 is 0 Å². The smallest absolute Gasteiger partial charge is 0.0154 e. The molecule has 18 heavy (non-hydrogen) atoms. The molecule has 4 bridgehead atoms. The zero-order chi connectivity index (χ0) is 13.2. The molecule has 4 aliphatic rings. The van der Waals surface area contributed by atoms with Gasteiger partial charge in [0.05, 0.1) is 0 Å². The summed E-state index contributed by atoms with van der Waals surface area (Å²) >= 11 is 0. The van der Waals surface area contributed by atoms with Gasteiger partial charge in [0.1, 0.15) is 0 Å². The summed E-state index contributed by atoms with van der Waals surface area (Å²) in [6.45, 7) is 9.39. The Morgan fingerprint density at radius 2 is 1.67 bits per heavy atom. The van der Waals surface area contributed by atoms with Crippen LogP contribution in [0.5, 0.6) is 0 Å². The molecular formula is C17H31N. The van der Waals surface area contributed by atoms with Crippen LogP contribution in [-0.4, -0.2) is 5.54 Å². The van der Waals surface area contributed by atoms with E-state index in [0.29, 0.717) is 10.8 Å². The SMILES string of the molecule is CC(C)CC12CC3CC(C1)CC(C(C)(C)N)(C3)C2. The van der Waals surface area contributed by atoms with Crippen LogP contribution in [0.15, 0.2) is 0 Å². The molecule has 0 aromatic carbocycles. The number of hydrogen-bond acceptors (Lipinski definition) is 1. The van der Waals surface area contributed by atoms with Gasteiger partial charge in [-0.3, -0.25) is 0 Å². The molecule has 4 rings (SSSR count). The van der Waals surface area contributed by atoms with Gasteiger partial charge in [-0.05, 0) is 87.4 Å². The molecule has 2 unspecified atom stereocenters. The highest BCUT2D eigenvalue weighted by Gasteiger charge is 2.61. The second kappa shape index (κ2) is 3.75. The Bertz CT molecular complexity index is 316. The first-order valence-electron chi connectivity index (χ1n) is 8.03. The minimum absolute atomic E-state index is 0.0208. The van der Waals surface area contributed by atoms with Crippen LogP contribution in [0.4, 0.5) is 0 Å². The molecule has 2 N–H and O–H groups in total. The third kappa shape index (κ3) is 1.85. The molecule has 4 saturated carbocycles. The van der Waals surface area contributed by atoms with Gasteiger partial charge in [0.2, 0.25) is 0 Å². The molecule has 0 saturated heterocycles. The van der Waals surface area contributed by atoms with Crippen LogP contribution in [0.1, 0.15) is 72.6 Å². The molecule has 1 nitrogen and oxygen atoms in total. The van der Waals surface area contributed by atoms with Gasteiger partial charge in [0.25, 0.3) is 0 Å². The minimum atomic E-state index is 0.0208. The van der Waals surface area contributed by atoms with E-state index >= 15 is 0 Å². The minimum Gasteiger partial charge on any atom is -0.325 e. The van der Waals surface area contributed by atoms with Crippen molar-refractivity contribution in [2.75, 3.05) is 0 Å². The maximum absolute atomic E-state index is 6.62. The van der Waals surface area contributed by atoms with Crippen LogP contribution < -0.4 is 5.73 Å². The fraction of sp³-hybridized carbons (Fsp3) is 1.00. The molecule has 0 aromatic heterocycles. The Hall–Kier alpha value is -0.0400. The van der Waals surface area contributed by atoms with Gasteiger partial charge in [0.15, 0.2) is 0 Å². The second-order valence-electron chi connectivity index (χ2n) is 9.06. The van der Waals surface area contributed by atoms with E-state index in [1.165, 1.54) is 44.9 Å². The standard InChI is InChI=1S/C17H31N/c1-12(2)6-16-7-13-5-14(8-16)10-17(9-13,11-16)15(3,4)18/h12-14H,5-11,18H2,1-4H3. The van der Waals surface area contributed by atoms with E-state index in [9.17, 15) is 0 Å². The first-order valence-corrected chi connectivity index (χ1v) is 8.03. The molecule has 0 spiro atoms. The summed E-state index contributed by atoms with van der Waals surface area (Å²) in [6, 6.07) is 0. The maximum Gasteiger partial charge on any atom is 0.0154 e. The van der Waals surface area contributed by atoms with Crippen molar-refractivity contribution in [3.05, 3.63) is 0 Å². The van der Waals surface area contributed by atoms with E-state index < -0.39 is 0 Å². The third-order valence-electron chi connectivity index (χ3n) is 6.39. The first kappa shape index (κ1) is 13.0. The van der Waals surface area contributed by atoms with Crippen molar-refractivity contribution in [3.8, 4) is 0 Å². The lowest BCUT2D eigenvalue weighted by Gasteiger charge is -2.66. The lowest BCUT2D eigenvalue weighted by molar-refractivity contribution is -0.144. The topological polar surface area (TPSA) is 26.0 Å². The van der Waals surface area contributed by atoms with Gasteiger partial charge in [-0.2, -0.15) is 0 Å². The molecule has 1 heteroatoms. The van der Waals surface area contributed by atoms with Crippen LogP contribution >= 0.6 is 0 Å². The van der Waals surface area contributed by atoms with Crippen molar-refractivity contribution in [2.45, 2.75) is 78.2 Å². The predicted octanol–water partition coefficient (Wildman–Crippen LogP) is 4.36. The lowest BCUT2D eigenvalue weighted by Crippen LogP contribution is -2.62. The van der Waals surface area contributed by atoms with E-state index in [1.54, 1.807) is 0 Å². The Balaban J connectivity index is 1.93. The summed E-state index contributed by atoms with van der Waals surface area (Å²) in [4.78, 5) is 0. The van der Waals surface area contributed by atoms with Gasteiger partial charge in [-0.25, -0.2) is 0 Å². The Morgan fingerprint density at radius 1 is 1.11 bits per heavy atom.